The zero-order valence-electron chi connectivity index (χ0n) is 24.9. The Morgan fingerprint density at radius 3 is 2.69 bits per heavy atom. The van der Waals surface area contributed by atoms with Crippen molar-refractivity contribution in [2.24, 2.45) is 11.8 Å². The van der Waals surface area contributed by atoms with Crippen LogP contribution in [-0.2, 0) is 4.43 Å². The minimum atomic E-state index is -1.94. The Morgan fingerprint density at radius 2 is 1.98 bits per heavy atom. The van der Waals surface area contributed by atoms with Crippen LogP contribution in [0.5, 0.6) is 6.01 Å². The van der Waals surface area contributed by atoms with Gasteiger partial charge >= 0.3 is 6.01 Å². The molecule has 2 bridgehead atoms. The predicted molar refractivity (Wildman–Crippen MR) is 166 cm³/mol. The van der Waals surface area contributed by atoms with Crippen molar-refractivity contribution in [3.8, 4) is 6.01 Å². The molecule has 0 spiro atoms. The van der Waals surface area contributed by atoms with Crippen LogP contribution >= 0.6 is 27.5 Å². The van der Waals surface area contributed by atoms with Crippen LogP contribution in [0.3, 0.4) is 0 Å². The lowest BCUT2D eigenvalue weighted by Gasteiger charge is -2.40. The summed E-state index contributed by atoms with van der Waals surface area (Å²) in [6.07, 6.45) is 2.62. The molecular formula is C30H39BrClF3N4O2Si. The second-order valence-corrected chi connectivity index (χ2v) is 20.2. The van der Waals surface area contributed by atoms with E-state index in [1.807, 2.05) is 0 Å². The molecule has 12 heteroatoms. The van der Waals surface area contributed by atoms with Crippen molar-refractivity contribution in [2.75, 3.05) is 37.7 Å². The van der Waals surface area contributed by atoms with Crippen LogP contribution in [-0.4, -0.2) is 67.6 Å². The quantitative estimate of drug-likeness (QED) is 0.226. The van der Waals surface area contributed by atoms with E-state index in [0.717, 1.165) is 45.3 Å². The van der Waals surface area contributed by atoms with Crippen molar-refractivity contribution < 1.29 is 22.3 Å². The van der Waals surface area contributed by atoms with Crippen molar-refractivity contribution in [1.29, 1.82) is 0 Å². The Kier molecular flexibility index (Phi) is 7.94. The molecule has 6 rings (SSSR count). The molecule has 4 aliphatic rings. The van der Waals surface area contributed by atoms with Gasteiger partial charge in [0.05, 0.1) is 15.0 Å². The second-order valence-electron chi connectivity index (χ2n) is 14.2. The molecule has 1 aromatic heterocycles. The molecule has 4 heterocycles. The standard InChI is InChI=1S/C30H39BrClF3N4O2Si/c1-29(2,3)42(4,5)41-22-10-17-9-18(22)14-38(13-17)27-20-11-21(32)23(31)24(33)25(20)36-28(37-27)40-16-30-7-6-8-39(30)15-19(12-30)26(34)35/h11,17-18,22H,6-10,12-16H2,1-5H3/t17-,18-,22+,30?/m0/s1. The lowest BCUT2D eigenvalue weighted by molar-refractivity contribution is 0.108. The highest BCUT2D eigenvalue weighted by Crippen LogP contribution is 2.47. The third kappa shape index (κ3) is 5.39. The molecule has 3 saturated heterocycles. The van der Waals surface area contributed by atoms with Crippen molar-refractivity contribution in [2.45, 2.75) is 82.7 Å². The SMILES string of the molecule is CC(C)(C)[Si](C)(C)O[C@@H]1C[C@@H]2C[C@H]1CN(c1nc(OCC34CCCN3CC(=C(F)F)C4)nc3c(F)c(Br)c(Cl)cc13)C2. The maximum absolute atomic E-state index is 15.6. The maximum Gasteiger partial charge on any atom is 0.319 e. The first-order chi connectivity index (χ1) is 19.7. The molecule has 1 saturated carbocycles. The number of rotatable bonds is 6. The minimum Gasteiger partial charge on any atom is -0.461 e. The van der Waals surface area contributed by atoms with Gasteiger partial charge in [-0.25, -0.2) is 4.39 Å². The maximum atomic E-state index is 15.6. The van der Waals surface area contributed by atoms with E-state index in [9.17, 15) is 8.78 Å². The van der Waals surface area contributed by atoms with Gasteiger partial charge in [-0.15, -0.1) is 0 Å². The molecule has 6 nitrogen and oxygen atoms in total. The van der Waals surface area contributed by atoms with E-state index in [4.69, 9.17) is 25.7 Å². The van der Waals surface area contributed by atoms with E-state index in [2.05, 4.69) is 64.6 Å². The zero-order chi connectivity index (χ0) is 30.2. The number of benzene rings is 1. The van der Waals surface area contributed by atoms with Gasteiger partial charge in [0.25, 0.3) is 6.08 Å². The Labute approximate surface area is 260 Å². The first-order valence-corrected chi connectivity index (χ1v) is 18.9. The van der Waals surface area contributed by atoms with Gasteiger partial charge in [0.1, 0.15) is 17.9 Å². The van der Waals surface area contributed by atoms with E-state index in [0.29, 0.717) is 23.0 Å². The van der Waals surface area contributed by atoms with Crippen LogP contribution < -0.4 is 9.64 Å². The number of hydrogen-bond donors (Lipinski definition) is 0. The molecule has 42 heavy (non-hydrogen) atoms. The molecule has 3 aliphatic heterocycles. The highest BCUT2D eigenvalue weighted by molar-refractivity contribution is 9.10. The second kappa shape index (κ2) is 10.9. The predicted octanol–water partition coefficient (Wildman–Crippen LogP) is 8.19. The normalized spacial score (nSPS) is 28.2. The fourth-order valence-electron chi connectivity index (χ4n) is 7.19. The summed E-state index contributed by atoms with van der Waals surface area (Å²) in [4.78, 5) is 13.6. The summed E-state index contributed by atoms with van der Waals surface area (Å²) < 4.78 is 55.8. The van der Waals surface area contributed by atoms with E-state index in [1.54, 1.807) is 6.07 Å². The summed E-state index contributed by atoms with van der Waals surface area (Å²) in [7, 11) is -1.94. The van der Waals surface area contributed by atoms with Crippen molar-refractivity contribution in [1.82, 2.24) is 14.9 Å². The summed E-state index contributed by atoms with van der Waals surface area (Å²) >= 11 is 9.68. The Bertz CT molecular complexity index is 1440. The Hall–Kier alpha value is -1.40. The van der Waals surface area contributed by atoms with E-state index >= 15 is 4.39 Å². The van der Waals surface area contributed by atoms with Gasteiger partial charge in [-0.2, -0.15) is 18.7 Å². The van der Waals surface area contributed by atoms with E-state index < -0.39 is 25.8 Å². The summed E-state index contributed by atoms with van der Waals surface area (Å²) in [5.74, 6) is 0.798. The molecule has 1 unspecified atom stereocenters. The van der Waals surface area contributed by atoms with Crippen LogP contribution in [0.25, 0.3) is 10.9 Å². The summed E-state index contributed by atoms with van der Waals surface area (Å²) in [6, 6.07) is 1.76. The molecule has 4 fully saturated rings. The average molecular weight is 688 g/mol. The summed E-state index contributed by atoms with van der Waals surface area (Å²) in [6.45, 7) is 14.1. The first-order valence-electron chi connectivity index (χ1n) is 14.9. The van der Waals surface area contributed by atoms with Crippen LogP contribution in [0.1, 0.15) is 52.9 Å². The van der Waals surface area contributed by atoms with Gasteiger partial charge in [0, 0.05) is 42.6 Å². The molecule has 2 aromatic rings. The van der Waals surface area contributed by atoms with Gasteiger partial charge in [-0.1, -0.05) is 32.4 Å². The van der Waals surface area contributed by atoms with Crippen LogP contribution in [0, 0.1) is 17.7 Å². The summed E-state index contributed by atoms with van der Waals surface area (Å²) in [5.41, 5.74) is -0.225. The molecule has 0 radical (unpaired) electrons. The van der Waals surface area contributed by atoms with E-state index in [-0.39, 0.29) is 57.3 Å². The van der Waals surface area contributed by atoms with Gasteiger partial charge in [-0.05, 0) is 84.7 Å². The fourth-order valence-corrected chi connectivity index (χ4v) is 9.08. The number of aromatic nitrogens is 2. The number of anilines is 1. The topological polar surface area (TPSA) is 50.7 Å². The van der Waals surface area contributed by atoms with Crippen molar-refractivity contribution in [3.05, 3.63) is 33.0 Å². The number of piperidine rings is 1. The van der Waals surface area contributed by atoms with Crippen molar-refractivity contribution >= 4 is 52.6 Å². The van der Waals surface area contributed by atoms with Crippen LogP contribution in [0.15, 0.2) is 22.2 Å². The molecule has 1 aromatic carbocycles. The summed E-state index contributed by atoms with van der Waals surface area (Å²) in [5, 5.41) is 0.902. The molecule has 0 N–H and O–H groups in total. The highest BCUT2D eigenvalue weighted by Gasteiger charge is 2.49. The largest absolute Gasteiger partial charge is 0.461 e. The zero-order valence-corrected chi connectivity index (χ0v) is 28.2. The molecule has 4 atom stereocenters. The molecule has 0 amide bonds. The van der Waals surface area contributed by atoms with Gasteiger partial charge in [0.15, 0.2) is 14.1 Å². The first kappa shape index (κ1) is 30.6. The number of ether oxygens (including phenoxy) is 1. The number of nitrogens with zero attached hydrogens (tertiary/aromatic N) is 4. The minimum absolute atomic E-state index is 0.0528. The smallest absolute Gasteiger partial charge is 0.319 e. The lowest BCUT2D eigenvalue weighted by atomic mass is 9.94. The third-order valence-corrected chi connectivity index (χ3v) is 16.2. The van der Waals surface area contributed by atoms with Gasteiger partial charge < -0.3 is 14.1 Å². The number of fused-ring (bicyclic) bond motifs is 4. The van der Waals surface area contributed by atoms with Crippen LogP contribution in [0.2, 0.25) is 23.2 Å². The molecular weight excluding hydrogens is 649 g/mol. The Morgan fingerprint density at radius 1 is 1.21 bits per heavy atom. The lowest BCUT2D eigenvalue weighted by Crippen LogP contribution is -2.46. The van der Waals surface area contributed by atoms with Crippen LogP contribution in [0.4, 0.5) is 19.0 Å². The molecule has 230 valence electrons. The molecule has 1 aliphatic carbocycles. The number of halogens is 5. The van der Waals surface area contributed by atoms with E-state index in [1.165, 1.54) is 0 Å². The monoisotopic (exact) mass is 686 g/mol. The van der Waals surface area contributed by atoms with Gasteiger partial charge in [0.2, 0.25) is 0 Å². The highest BCUT2D eigenvalue weighted by atomic mass is 79.9. The van der Waals surface area contributed by atoms with Crippen molar-refractivity contribution in [3.63, 3.8) is 0 Å². The average Bonchev–Trinajstić information content (AvgIpc) is 3.55. The fraction of sp³-hybridized carbons (Fsp3) is 0.667. The third-order valence-electron chi connectivity index (χ3n) is 10.4. The number of hydrogen-bond acceptors (Lipinski definition) is 6. The Balaban J connectivity index is 1.31. The van der Waals surface area contributed by atoms with Gasteiger partial charge in [-0.3, -0.25) is 4.90 Å².